The zero-order valence-electron chi connectivity index (χ0n) is 13.6. The number of hydrogen-bond donors (Lipinski definition) is 1. The number of rotatable bonds is 5. The molecule has 0 saturated heterocycles. The second kappa shape index (κ2) is 8.31. The summed E-state index contributed by atoms with van der Waals surface area (Å²) >= 11 is 8.24. The minimum atomic E-state index is -0.522. The highest BCUT2D eigenvalue weighted by Gasteiger charge is 2.13. The van der Waals surface area contributed by atoms with Crippen molar-refractivity contribution in [1.29, 1.82) is 0 Å². The molecular formula is C18H11ClIN3O4. The highest BCUT2D eigenvalue weighted by molar-refractivity contribution is 14.1. The topological polar surface area (TPSA) is 97.7 Å². The number of furan rings is 1. The molecule has 0 spiro atoms. The maximum Gasteiger partial charge on any atom is 0.271 e. The third kappa shape index (κ3) is 4.72. The second-order valence-electron chi connectivity index (χ2n) is 5.33. The van der Waals surface area contributed by atoms with Crippen LogP contribution in [0.1, 0.15) is 16.1 Å². The van der Waals surface area contributed by atoms with Gasteiger partial charge in [0, 0.05) is 26.8 Å². The SMILES string of the molecule is O=C(NN=Cc1ccc(-c2ccc([N+](=O)[O-])cc2Cl)o1)c1ccc(I)cc1. The van der Waals surface area contributed by atoms with Gasteiger partial charge >= 0.3 is 0 Å². The minimum absolute atomic E-state index is 0.101. The van der Waals surface area contributed by atoms with Crippen LogP contribution >= 0.6 is 34.2 Å². The van der Waals surface area contributed by atoms with E-state index in [4.69, 9.17) is 16.0 Å². The zero-order chi connectivity index (χ0) is 19.4. The average molecular weight is 496 g/mol. The summed E-state index contributed by atoms with van der Waals surface area (Å²) in [6.07, 6.45) is 1.35. The van der Waals surface area contributed by atoms with E-state index >= 15 is 0 Å². The Hall–Kier alpha value is -2.72. The fourth-order valence-corrected chi connectivity index (χ4v) is 2.83. The molecule has 0 aliphatic rings. The van der Waals surface area contributed by atoms with Crippen LogP contribution in [0, 0.1) is 13.7 Å². The lowest BCUT2D eigenvalue weighted by Gasteiger charge is -2.00. The third-order valence-corrected chi connectivity index (χ3v) is 4.55. The van der Waals surface area contributed by atoms with Gasteiger partial charge in [-0.25, -0.2) is 5.43 Å². The molecule has 1 N–H and O–H groups in total. The quantitative estimate of drug-likeness (QED) is 0.236. The summed E-state index contributed by atoms with van der Waals surface area (Å²) in [4.78, 5) is 22.2. The normalized spacial score (nSPS) is 10.9. The van der Waals surface area contributed by atoms with Crippen LogP contribution in [-0.2, 0) is 0 Å². The molecule has 3 aromatic rings. The van der Waals surface area contributed by atoms with Gasteiger partial charge in [0.05, 0.1) is 16.2 Å². The molecule has 0 bridgehead atoms. The molecule has 3 rings (SSSR count). The number of hydrogen-bond acceptors (Lipinski definition) is 5. The van der Waals surface area contributed by atoms with E-state index < -0.39 is 4.92 Å². The van der Waals surface area contributed by atoms with Crippen molar-refractivity contribution in [2.45, 2.75) is 0 Å². The lowest BCUT2D eigenvalue weighted by atomic mass is 10.1. The number of carbonyl (C=O) groups is 1. The Morgan fingerprint density at radius 3 is 2.59 bits per heavy atom. The number of nitro groups is 1. The zero-order valence-corrected chi connectivity index (χ0v) is 16.5. The van der Waals surface area contributed by atoms with Gasteiger partial charge in [0.15, 0.2) is 0 Å². The van der Waals surface area contributed by atoms with E-state index in [1.54, 1.807) is 24.3 Å². The monoisotopic (exact) mass is 495 g/mol. The molecule has 1 heterocycles. The van der Waals surface area contributed by atoms with Crippen molar-refractivity contribution in [3.8, 4) is 11.3 Å². The highest BCUT2D eigenvalue weighted by Crippen LogP contribution is 2.32. The van der Waals surface area contributed by atoms with E-state index in [-0.39, 0.29) is 16.6 Å². The van der Waals surface area contributed by atoms with E-state index in [2.05, 4.69) is 33.1 Å². The first-order valence-electron chi connectivity index (χ1n) is 7.57. The van der Waals surface area contributed by atoms with Gasteiger partial charge in [-0.1, -0.05) is 11.6 Å². The Kier molecular flexibility index (Phi) is 5.87. The third-order valence-electron chi connectivity index (χ3n) is 3.52. The molecule has 0 radical (unpaired) electrons. The number of carbonyl (C=O) groups excluding carboxylic acids is 1. The largest absolute Gasteiger partial charge is 0.455 e. The first-order valence-corrected chi connectivity index (χ1v) is 9.03. The number of benzene rings is 2. The maximum atomic E-state index is 12.0. The molecule has 1 aromatic heterocycles. The Morgan fingerprint density at radius 2 is 1.93 bits per heavy atom. The number of non-ortho nitro benzene ring substituents is 1. The summed E-state index contributed by atoms with van der Waals surface area (Å²) in [7, 11) is 0. The number of nitrogens with one attached hydrogen (secondary N) is 1. The van der Waals surface area contributed by atoms with Crippen LogP contribution < -0.4 is 5.43 Å². The summed E-state index contributed by atoms with van der Waals surface area (Å²) < 4.78 is 6.63. The van der Waals surface area contributed by atoms with Crippen LogP contribution in [0.5, 0.6) is 0 Å². The summed E-state index contributed by atoms with van der Waals surface area (Å²) in [6.45, 7) is 0. The van der Waals surface area contributed by atoms with Crippen molar-refractivity contribution in [2.24, 2.45) is 5.10 Å². The first-order chi connectivity index (χ1) is 12.9. The van der Waals surface area contributed by atoms with E-state index in [1.165, 1.54) is 24.4 Å². The number of halogens is 2. The van der Waals surface area contributed by atoms with Crippen molar-refractivity contribution in [1.82, 2.24) is 5.43 Å². The fourth-order valence-electron chi connectivity index (χ4n) is 2.20. The van der Waals surface area contributed by atoms with Crippen LogP contribution in [0.2, 0.25) is 5.02 Å². The van der Waals surface area contributed by atoms with Gasteiger partial charge in [-0.2, -0.15) is 5.10 Å². The van der Waals surface area contributed by atoms with Crippen LogP contribution in [0.15, 0.2) is 64.1 Å². The molecule has 27 heavy (non-hydrogen) atoms. The van der Waals surface area contributed by atoms with Gasteiger partial charge in [0.25, 0.3) is 11.6 Å². The molecular weight excluding hydrogens is 485 g/mol. The van der Waals surface area contributed by atoms with E-state index in [0.717, 1.165) is 3.57 Å². The molecule has 0 fully saturated rings. The van der Waals surface area contributed by atoms with Crippen LogP contribution in [0.3, 0.4) is 0 Å². The van der Waals surface area contributed by atoms with Crippen molar-refractivity contribution in [2.75, 3.05) is 0 Å². The summed E-state index contributed by atoms with van der Waals surface area (Å²) in [5.74, 6) is 0.482. The van der Waals surface area contributed by atoms with Crippen LogP contribution in [0.4, 0.5) is 5.69 Å². The Labute approximate surface area is 172 Å². The predicted molar refractivity (Wildman–Crippen MR) is 110 cm³/mol. The van der Waals surface area contributed by atoms with Gasteiger partial charge in [-0.3, -0.25) is 14.9 Å². The van der Waals surface area contributed by atoms with Gasteiger partial charge in [-0.05, 0) is 65.1 Å². The molecule has 2 aromatic carbocycles. The Bertz CT molecular complexity index is 1030. The smallest absolute Gasteiger partial charge is 0.271 e. The van der Waals surface area contributed by atoms with Gasteiger partial charge < -0.3 is 4.42 Å². The standard InChI is InChI=1S/C18H11ClIN3O4/c19-16-9-13(23(25)26)5-7-15(16)17-8-6-14(27-17)10-21-22-18(24)11-1-3-12(20)4-2-11/h1-10H,(H,22,24). The lowest BCUT2D eigenvalue weighted by molar-refractivity contribution is -0.384. The molecule has 7 nitrogen and oxygen atoms in total. The Balaban J connectivity index is 1.69. The van der Waals surface area contributed by atoms with E-state index in [9.17, 15) is 14.9 Å². The molecule has 0 atom stereocenters. The summed E-state index contributed by atoms with van der Waals surface area (Å²) in [5, 5.41) is 14.8. The van der Waals surface area contributed by atoms with Gasteiger partial charge in [-0.15, -0.1) is 0 Å². The molecule has 0 aliphatic carbocycles. The van der Waals surface area contributed by atoms with Crippen molar-refractivity contribution >= 4 is 52.0 Å². The predicted octanol–water partition coefficient (Wildman–Crippen LogP) is 4.88. The van der Waals surface area contributed by atoms with Gasteiger partial charge in [0.1, 0.15) is 11.5 Å². The fraction of sp³-hybridized carbons (Fsp3) is 0. The van der Waals surface area contributed by atoms with Crippen molar-refractivity contribution < 1.29 is 14.1 Å². The van der Waals surface area contributed by atoms with E-state index in [1.807, 2.05) is 12.1 Å². The number of nitrogens with zero attached hydrogens (tertiary/aromatic N) is 2. The maximum absolute atomic E-state index is 12.0. The van der Waals surface area contributed by atoms with Crippen molar-refractivity contribution in [3.63, 3.8) is 0 Å². The summed E-state index contributed by atoms with van der Waals surface area (Å²) in [6, 6.07) is 14.5. The molecule has 0 unspecified atom stereocenters. The van der Waals surface area contributed by atoms with Gasteiger partial charge in [0.2, 0.25) is 0 Å². The van der Waals surface area contributed by atoms with Crippen LogP contribution in [-0.4, -0.2) is 17.0 Å². The lowest BCUT2D eigenvalue weighted by Crippen LogP contribution is -2.17. The number of nitro benzene ring substituents is 1. The highest BCUT2D eigenvalue weighted by atomic mass is 127. The van der Waals surface area contributed by atoms with Crippen molar-refractivity contribution in [3.05, 3.63) is 84.6 Å². The second-order valence-corrected chi connectivity index (χ2v) is 6.98. The summed E-state index contributed by atoms with van der Waals surface area (Å²) in [5.41, 5.74) is 3.32. The molecule has 136 valence electrons. The Morgan fingerprint density at radius 1 is 1.19 bits per heavy atom. The van der Waals surface area contributed by atoms with Crippen LogP contribution in [0.25, 0.3) is 11.3 Å². The average Bonchev–Trinajstić information content (AvgIpc) is 3.10. The molecule has 9 heteroatoms. The number of hydrazone groups is 1. The minimum Gasteiger partial charge on any atom is -0.455 e. The number of amides is 1. The molecule has 0 saturated carbocycles. The first kappa shape index (κ1) is 19.1. The molecule has 0 aliphatic heterocycles. The molecule has 1 amide bonds. The van der Waals surface area contributed by atoms with E-state index in [0.29, 0.717) is 22.6 Å².